The lowest BCUT2D eigenvalue weighted by atomic mass is 9.98. The van der Waals surface area contributed by atoms with E-state index in [0.29, 0.717) is 18.8 Å². The first-order chi connectivity index (χ1) is 7.86. The zero-order chi connectivity index (χ0) is 11.0. The maximum absolute atomic E-state index is 12.2. The molecule has 0 spiro atoms. The lowest BCUT2D eigenvalue weighted by molar-refractivity contribution is 0.0902. The Bertz CT molecular complexity index is 527. The van der Waals surface area contributed by atoms with Crippen LogP contribution in [0.3, 0.4) is 0 Å². The van der Waals surface area contributed by atoms with Crippen LogP contribution >= 0.6 is 0 Å². The summed E-state index contributed by atoms with van der Waals surface area (Å²) >= 11 is 0. The van der Waals surface area contributed by atoms with Crippen LogP contribution in [0.15, 0.2) is 30.6 Å². The number of rotatable bonds is 2. The maximum atomic E-state index is 12.2. The lowest BCUT2D eigenvalue weighted by Crippen LogP contribution is -2.14. The Morgan fingerprint density at radius 3 is 3.25 bits per heavy atom. The van der Waals surface area contributed by atoms with Crippen LogP contribution in [-0.4, -0.2) is 28.6 Å². The molecular formula is C12H12N2O2. The Kier molecular flexibility index (Phi) is 2.22. The normalized spacial score (nSPS) is 20.4. The first-order valence-electron chi connectivity index (χ1n) is 5.40. The van der Waals surface area contributed by atoms with E-state index < -0.39 is 0 Å². The molecule has 2 aromatic rings. The van der Waals surface area contributed by atoms with Crippen LogP contribution in [0.5, 0.6) is 0 Å². The fourth-order valence-electron chi connectivity index (χ4n) is 2.09. The minimum absolute atomic E-state index is 0.00760. The van der Waals surface area contributed by atoms with Crippen LogP contribution in [0, 0.1) is 5.92 Å². The number of ether oxygens (including phenoxy) is 1. The van der Waals surface area contributed by atoms with Crippen molar-refractivity contribution >= 4 is 11.3 Å². The van der Waals surface area contributed by atoms with Gasteiger partial charge in [-0.2, -0.15) is 5.10 Å². The Morgan fingerprint density at radius 2 is 2.44 bits per heavy atom. The summed E-state index contributed by atoms with van der Waals surface area (Å²) in [6.07, 6.45) is 4.32. The third-order valence-corrected chi connectivity index (χ3v) is 2.99. The summed E-state index contributed by atoms with van der Waals surface area (Å²) < 4.78 is 6.97. The number of carbonyl (C=O) groups excluding carboxylic acids is 1. The highest BCUT2D eigenvalue weighted by Crippen LogP contribution is 2.21. The molecule has 4 heteroatoms. The van der Waals surface area contributed by atoms with E-state index in [9.17, 15) is 4.79 Å². The molecule has 1 unspecified atom stereocenters. The second-order valence-corrected chi connectivity index (χ2v) is 4.01. The molecule has 4 nitrogen and oxygen atoms in total. The molecule has 82 valence electrons. The summed E-state index contributed by atoms with van der Waals surface area (Å²) in [6, 6.07) is 5.72. The third kappa shape index (κ3) is 1.42. The number of carbonyl (C=O) groups is 1. The predicted molar refractivity (Wildman–Crippen MR) is 58.4 cm³/mol. The minimum atomic E-state index is 0.00760. The molecule has 1 atom stereocenters. The van der Waals surface area contributed by atoms with E-state index in [2.05, 4.69) is 5.10 Å². The largest absolute Gasteiger partial charge is 0.381 e. The molecule has 0 N–H and O–H groups in total. The maximum Gasteiger partial charge on any atom is 0.172 e. The van der Waals surface area contributed by atoms with Gasteiger partial charge in [-0.25, -0.2) is 4.52 Å². The number of ketones is 1. The van der Waals surface area contributed by atoms with E-state index in [4.69, 9.17) is 4.74 Å². The summed E-state index contributed by atoms with van der Waals surface area (Å²) in [5.74, 6) is 0.159. The fraction of sp³-hybridized carbons (Fsp3) is 0.333. The molecule has 16 heavy (non-hydrogen) atoms. The van der Waals surface area contributed by atoms with Gasteiger partial charge in [-0.1, -0.05) is 6.07 Å². The molecule has 1 aliphatic rings. The topological polar surface area (TPSA) is 43.6 Å². The van der Waals surface area contributed by atoms with E-state index in [1.165, 1.54) is 0 Å². The van der Waals surface area contributed by atoms with Crippen LogP contribution in [0.25, 0.3) is 5.52 Å². The van der Waals surface area contributed by atoms with Gasteiger partial charge in [0.15, 0.2) is 5.78 Å². The monoisotopic (exact) mass is 216 g/mol. The van der Waals surface area contributed by atoms with E-state index in [0.717, 1.165) is 11.9 Å². The van der Waals surface area contributed by atoms with Crippen molar-refractivity contribution in [3.63, 3.8) is 0 Å². The highest BCUT2D eigenvalue weighted by molar-refractivity contribution is 6.03. The number of hydrogen-bond donors (Lipinski definition) is 0. The minimum Gasteiger partial charge on any atom is -0.381 e. The highest BCUT2D eigenvalue weighted by atomic mass is 16.5. The molecule has 0 radical (unpaired) electrons. The second kappa shape index (κ2) is 3.72. The van der Waals surface area contributed by atoms with Crippen LogP contribution in [-0.2, 0) is 4.74 Å². The molecular weight excluding hydrogens is 204 g/mol. The molecule has 1 aliphatic heterocycles. The van der Waals surface area contributed by atoms with Crippen molar-refractivity contribution < 1.29 is 9.53 Å². The van der Waals surface area contributed by atoms with Crippen LogP contribution in [0.4, 0.5) is 0 Å². The SMILES string of the molecule is O=C(c1cnn2ccccc12)C1CCOC1. The summed E-state index contributed by atoms with van der Waals surface area (Å²) in [7, 11) is 0. The van der Waals surface area contributed by atoms with Crippen molar-refractivity contribution in [1.82, 2.24) is 9.61 Å². The number of hydrogen-bond acceptors (Lipinski definition) is 3. The standard InChI is InChI=1S/C12H12N2O2/c15-12(9-4-6-16-8-9)10-7-13-14-5-2-1-3-11(10)14/h1-3,5,7,9H,4,6,8H2. The molecule has 0 bridgehead atoms. The van der Waals surface area contributed by atoms with Gasteiger partial charge in [-0.05, 0) is 18.6 Å². The first kappa shape index (κ1) is 9.54. The van der Waals surface area contributed by atoms with E-state index >= 15 is 0 Å². The van der Waals surface area contributed by atoms with Gasteiger partial charge in [-0.3, -0.25) is 4.79 Å². The van der Waals surface area contributed by atoms with Gasteiger partial charge >= 0.3 is 0 Å². The molecule has 0 saturated carbocycles. The predicted octanol–water partition coefficient (Wildman–Crippen LogP) is 1.55. The Hall–Kier alpha value is -1.68. The third-order valence-electron chi connectivity index (χ3n) is 2.99. The van der Waals surface area contributed by atoms with Crippen LogP contribution in [0.1, 0.15) is 16.8 Å². The van der Waals surface area contributed by atoms with Gasteiger partial charge in [0.1, 0.15) is 0 Å². The smallest absolute Gasteiger partial charge is 0.172 e. The molecule has 0 aromatic carbocycles. The highest BCUT2D eigenvalue weighted by Gasteiger charge is 2.26. The Labute approximate surface area is 92.8 Å². The molecule has 2 aromatic heterocycles. The van der Waals surface area contributed by atoms with Gasteiger partial charge in [0.2, 0.25) is 0 Å². The summed E-state index contributed by atoms with van der Waals surface area (Å²) in [5, 5.41) is 4.17. The van der Waals surface area contributed by atoms with Gasteiger partial charge in [-0.15, -0.1) is 0 Å². The summed E-state index contributed by atoms with van der Waals surface area (Å²) in [5.41, 5.74) is 1.58. The fourth-order valence-corrected chi connectivity index (χ4v) is 2.09. The van der Waals surface area contributed by atoms with Crippen molar-refractivity contribution in [2.45, 2.75) is 6.42 Å². The van der Waals surface area contributed by atoms with Crippen molar-refractivity contribution in [2.75, 3.05) is 13.2 Å². The molecule has 0 amide bonds. The van der Waals surface area contributed by atoms with Crippen LogP contribution < -0.4 is 0 Å². The zero-order valence-electron chi connectivity index (χ0n) is 8.80. The van der Waals surface area contributed by atoms with E-state index in [1.807, 2.05) is 24.4 Å². The van der Waals surface area contributed by atoms with Crippen molar-refractivity contribution in [3.05, 3.63) is 36.2 Å². The molecule has 1 fully saturated rings. The number of pyridine rings is 1. The van der Waals surface area contributed by atoms with Gasteiger partial charge in [0, 0.05) is 18.7 Å². The van der Waals surface area contributed by atoms with E-state index in [1.54, 1.807) is 10.7 Å². The van der Waals surface area contributed by atoms with Crippen LogP contribution in [0.2, 0.25) is 0 Å². The zero-order valence-corrected chi connectivity index (χ0v) is 8.80. The summed E-state index contributed by atoms with van der Waals surface area (Å²) in [4.78, 5) is 12.2. The van der Waals surface area contributed by atoms with Crippen molar-refractivity contribution in [3.8, 4) is 0 Å². The second-order valence-electron chi connectivity index (χ2n) is 4.01. The quantitative estimate of drug-likeness (QED) is 0.715. The Morgan fingerprint density at radius 1 is 1.50 bits per heavy atom. The van der Waals surface area contributed by atoms with Gasteiger partial charge in [0.25, 0.3) is 0 Å². The Balaban J connectivity index is 2.02. The first-order valence-corrected chi connectivity index (χ1v) is 5.40. The average Bonchev–Trinajstić information content (AvgIpc) is 2.98. The van der Waals surface area contributed by atoms with Gasteiger partial charge in [0.05, 0.1) is 23.9 Å². The summed E-state index contributed by atoms with van der Waals surface area (Å²) in [6.45, 7) is 1.23. The lowest BCUT2D eigenvalue weighted by Gasteiger charge is -2.04. The molecule has 3 rings (SSSR count). The molecule has 3 heterocycles. The number of fused-ring (bicyclic) bond motifs is 1. The molecule has 1 saturated heterocycles. The van der Waals surface area contributed by atoms with Gasteiger partial charge < -0.3 is 4.74 Å². The average molecular weight is 216 g/mol. The molecule has 0 aliphatic carbocycles. The number of Topliss-reactive ketones (excluding diaryl/α,β-unsaturated/α-hetero) is 1. The number of aromatic nitrogens is 2. The number of nitrogens with zero attached hydrogens (tertiary/aromatic N) is 2. The van der Waals surface area contributed by atoms with Crippen molar-refractivity contribution in [1.29, 1.82) is 0 Å². The van der Waals surface area contributed by atoms with E-state index in [-0.39, 0.29) is 11.7 Å². The van der Waals surface area contributed by atoms with Crippen molar-refractivity contribution in [2.24, 2.45) is 5.92 Å².